The second kappa shape index (κ2) is 6.68. The number of amides is 1. The molecule has 3 heterocycles. The van der Waals surface area contributed by atoms with Crippen molar-refractivity contribution in [1.82, 2.24) is 9.80 Å². The Balaban J connectivity index is 1.65. The Morgan fingerprint density at radius 3 is 2.50 bits per heavy atom. The molecule has 0 aromatic heterocycles. The molecule has 2 bridgehead atoms. The van der Waals surface area contributed by atoms with Gasteiger partial charge in [0.25, 0.3) is 0 Å². The SMILES string of the molecule is CN1C2CC[C@@H]1C[C@H](c1ccc(Cl)cc1)C2C(=O)N1CCCCC1. The first-order valence-electron chi connectivity index (χ1n) is 9.41. The van der Waals surface area contributed by atoms with Gasteiger partial charge >= 0.3 is 0 Å². The standard InChI is InChI=1S/C20H27ClN2O/c1-22-16-9-10-18(22)19(20(24)23-11-3-2-4-12-23)17(13-16)14-5-7-15(21)8-6-14/h5-8,16-19H,2-4,9-13H2,1H3/t16-,17-,18?,19?/m1/s1. The van der Waals surface area contributed by atoms with E-state index in [9.17, 15) is 4.79 Å². The van der Waals surface area contributed by atoms with Crippen LogP contribution in [-0.4, -0.2) is 47.9 Å². The van der Waals surface area contributed by atoms with Crippen molar-refractivity contribution in [3.05, 3.63) is 34.9 Å². The molecule has 0 saturated carbocycles. The Bertz CT molecular complexity index is 596. The van der Waals surface area contributed by atoms with Crippen LogP contribution in [-0.2, 0) is 4.79 Å². The minimum atomic E-state index is 0.105. The zero-order chi connectivity index (χ0) is 16.7. The van der Waals surface area contributed by atoms with E-state index in [4.69, 9.17) is 11.6 Å². The van der Waals surface area contributed by atoms with Crippen molar-refractivity contribution in [3.63, 3.8) is 0 Å². The molecule has 0 N–H and O–H groups in total. The zero-order valence-corrected chi connectivity index (χ0v) is 15.2. The van der Waals surface area contributed by atoms with E-state index >= 15 is 0 Å². The quantitative estimate of drug-likeness (QED) is 0.810. The molecule has 24 heavy (non-hydrogen) atoms. The maximum Gasteiger partial charge on any atom is 0.227 e. The molecule has 1 aromatic carbocycles. The fraction of sp³-hybridized carbons (Fsp3) is 0.650. The summed E-state index contributed by atoms with van der Waals surface area (Å²) >= 11 is 6.08. The molecule has 1 amide bonds. The lowest BCUT2D eigenvalue weighted by atomic mass is 9.75. The number of carbonyl (C=O) groups is 1. The molecule has 0 radical (unpaired) electrons. The first-order chi connectivity index (χ1) is 11.6. The summed E-state index contributed by atoms with van der Waals surface area (Å²) in [4.78, 5) is 18.0. The third kappa shape index (κ3) is 2.86. The maximum atomic E-state index is 13.4. The highest BCUT2D eigenvalue weighted by molar-refractivity contribution is 6.30. The van der Waals surface area contributed by atoms with Gasteiger partial charge < -0.3 is 4.90 Å². The fourth-order valence-electron chi connectivity index (χ4n) is 5.18. The van der Waals surface area contributed by atoms with Gasteiger partial charge in [0.1, 0.15) is 0 Å². The van der Waals surface area contributed by atoms with Crippen LogP contribution in [0.15, 0.2) is 24.3 Å². The summed E-state index contributed by atoms with van der Waals surface area (Å²) < 4.78 is 0. The summed E-state index contributed by atoms with van der Waals surface area (Å²) in [5.74, 6) is 0.838. The second-order valence-electron chi connectivity index (χ2n) is 7.77. The molecule has 3 aliphatic rings. The number of benzene rings is 1. The van der Waals surface area contributed by atoms with Crippen LogP contribution < -0.4 is 0 Å². The summed E-state index contributed by atoms with van der Waals surface area (Å²) in [6.45, 7) is 1.89. The largest absolute Gasteiger partial charge is 0.342 e. The van der Waals surface area contributed by atoms with Gasteiger partial charge in [-0.1, -0.05) is 23.7 Å². The van der Waals surface area contributed by atoms with E-state index in [1.807, 2.05) is 12.1 Å². The summed E-state index contributed by atoms with van der Waals surface area (Å²) in [5, 5.41) is 0.772. The highest BCUT2D eigenvalue weighted by Gasteiger charge is 2.49. The van der Waals surface area contributed by atoms with Gasteiger partial charge in [-0.25, -0.2) is 0 Å². The van der Waals surface area contributed by atoms with E-state index in [0.29, 0.717) is 23.9 Å². The van der Waals surface area contributed by atoms with E-state index < -0.39 is 0 Å². The van der Waals surface area contributed by atoms with E-state index in [2.05, 4.69) is 29.0 Å². The highest BCUT2D eigenvalue weighted by atomic mass is 35.5. The first kappa shape index (κ1) is 16.4. The minimum Gasteiger partial charge on any atom is -0.342 e. The van der Waals surface area contributed by atoms with Crippen LogP contribution in [0.2, 0.25) is 5.02 Å². The van der Waals surface area contributed by atoms with Gasteiger partial charge in [0, 0.05) is 30.2 Å². The molecule has 3 fully saturated rings. The van der Waals surface area contributed by atoms with Crippen LogP contribution in [0, 0.1) is 5.92 Å². The Labute approximate surface area is 150 Å². The molecule has 4 atom stereocenters. The third-order valence-corrected chi connectivity index (χ3v) is 6.77. The van der Waals surface area contributed by atoms with Gasteiger partial charge in [0.15, 0.2) is 0 Å². The average molecular weight is 347 g/mol. The predicted octanol–water partition coefficient (Wildman–Crippen LogP) is 3.92. The smallest absolute Gasteiger partial charge is 0.227 e. The molecule has 4 rings (SSSR count). The number of likely N-dealkylation sites (tertiary alicyclic amines) is 1. The zero-order valence-electron chi connectivity index (χ0n) is 14.5. The van der Waals surface area contributed by atoms with Crippen molar-refractivity contribution in [2.24, 2.45) is 5.92 Å². The van der Waals surface area contributed by atoms with Crippen LogP contribution >= 0.6 is 11.6 Å². The normalized spacial score (nSPS) is 33.7. The Morgan fingerprint density at radius 1 is 1.08 bits per heavy atom. The van der Waals surface area contributed by atoms with E-state index in [1.54, 1.807) is 0 Å². The summed E-state index contributed by atoms with van der Waals surface area (Å²) in [5.41, 5.74) is 1.29. The van der Waals surface area contributed by atoms with Crippen molar-refractivity contribution in [1.29, 1.82) is 0 Å². The predicted molar refractivity (Wildman–Crippen MR) is 97.3 cm³/mol. The van der Waals surface area contributed by atoms with Crippen molar-refractivity contribution in [2.75, 3.05) is 20.1 Å². The lowest BCUT2D eigenvalue weighted by molar-refractivity contribution is -0.141. The van der Waals surface area contributed by atoms with Gasteiger partial charge in [-0.2, -0.15) is 0 Å². The molecule has 3 nitrogen and oxygen atoms in total. The number of nitrogens with zero attached hydrogens (tertiary/aromatic N) is 2. The van der Waals surface area contributed by atoms with Gasteiger partial charge in [0.05, 0.1) is 5.92 Å². The Kier molecular flexibility index (Phi) is 4.57. The fourth-order valence-corrected chi connectivity index (χ4v) is 5.31. The molecule has 1 aromatic rings. The number of piperidine rings is 2. The number of fused-ring (bicyclic) bond motifs is 2. The van der Waals surface area contributed by atoms with Crippen LogP contribution in [0.3, 0.4) is 0 Å². The summed E-state index contributed by atoms with van der Waals surface area (Å²) in [7, 11) is 2.22. The van der Waals surface area contributed by atoms with E-state index in [0.717, 1.165) is 43.8 Å². The van der Waals surface area contributed by atoms with Crippen molar-refractivity contribution < 1.29 is 4.79 Å². The molecular formula is C20H27ClN2O. The van der Waals surface area contributed by atoms with Gasteiger partial charge in [-0.05, 0) is 69.2 Å². The van der Waals surface area contributed by atoms with Crippen LogP contribution in [0.1, 0.15) is 50.0 Å². The number of rotatable bonds is 2. The third-order valence-electron chi connectivity index (χ3n) is 6.52. The average Bonchev–Trinajstić information content (AvgIpc) is 2.85. The molecule has 4 heteroatoms. The molecule has 3 saturated heterocycles. The molecule has 130 valence electrons. The Hall–Kier alpha value is -1.06. The summed E-state index contributed by atoms with van der Waals surface area (Å²) in [6, 6.07) is 9.24. The van der Waals surface area contributed by atoms with E-state index in [1.165, 1.54) is 18.4 Å². The van der Waals surface area contributed by atoms with Crippen molar-refractivity contribution in [3.8, 4) is 0 Å². The number of halogens is 1. The molecule has 2 unspecified atom stereocenters. The topological polar surface area (TPSA) is 23.6 Å². The second-order valence-corrected chi connectivity index (χ2v) is 8.21. The van der Waals surface area contributed by atoms with Crippen LogP contribution in [0.25, 0.3) is 0 Å². The monoisotopic (exact) mass is 346 g/mol. The van der Waals surface area contributed by atoms with Gasteiger partial charge in [-0.3, -0.25) is 9.69 Å². The number of hydrogen-bond acceptors (Lipinski definition) is 2. The first-order valence-corrected chi connectivity index (χ1v) is 9.79. The summed E-state index contributed by atoms with van der Waals surface area (Å²) in [6.07, 6.45) is 7.07. The molecule has 0 aliphatic carbocycles. The lowest BCUT2D eigenvalue weighted by Gasteiger charge is -2.44. The molecular weight excluding hydrogens is 320 g/mol. The minimum absolute atomic E-state index is 0.105. The lowest BCUT2D eigenvalue weighted by Crippen LogP contribution is -2.53. The van der Waals surface area contributed by atoms with Gasteiger partial charge in [-0.15, -0.1) is 0 Å². The van der Waals surface area contributed by atoms with Crippen molar-refractivity contribution >= 4 is 17.5 Å². The Morgan fingerprint density at radius 2 is 1.79 bits per heavy atom. The van der Waals surface area contributed by atoms with Crippen molar-refractivity contribution in [2.45, 2.75) is 56.5 Å². The number of carbonyl (C=O) groups excluding carboxylic acids is 1. The highest BCUT2D eigenvalue weighted by Crippen LogP contribution is 2.47. The number of hydrogen-bond donors (Lipinski definition) is 0. The molecule has 0 spiro atoms. The van der Waals surface area contributed by atoms with Gasteiger partial charge in [0.2, 0.25) is 5.91 Å². The van der Waals surface area contributed by atoms with Crippen LogP contribution in [0.5, 0.6) is 0 Å². The van der Waals surface area contributed by atoms with E-state index in [-0.39, 0.29) is 5.92 Å². The van der Waals surface area contributed by atoms with Crippen LogP contribution in [0.4, 0.5) is 0 Å². The molecule has 3 aliphatic heterocycles. The maximum absolute atomic E-state index is 13.4.